The molecule has 32 heavy (non-hydrogen) atoms. The summed E-state index contributed by atoms with van der Waals surface area (Å²) in [5.74, 6) is -1.83. The Bertz CT molecular complexity index is 1200. The van der Waals surface area contributed by atoms with Crippen LogP contribution in [0.2, 0.25) is 0 Å². The molecule has 11 nitrogen and oxygen atoms in total. The summed E-state index contributed by atoms with van der Waals surface area (Å²) in [6.45, 7) is -0.699. The highest BCUT2D eigenvalue weighted by molar-refractivity contribution is 5.83. The number of aliphatic hydroxyl groups excluding tert-OH is 4. The van der Waals surface area contributed by atoms with E-state index >= 15 is 0 Å². The van der Waals surface area contributed by atoms with Gasteiger partial charge in [0, 0.05) is 11.6 Å². The molecule has 1 aliphatic heterocycles. The third-order valence-corrected chi connectivity index (χ3v) is 5.15. The van der Waals surface area contributed by atoms with Crippen LogP contribution in [0.5, 0.6) is 23.0 Å². The Kier molecular flexibility index (Phi) is 5.67. The fourth-order valence-corrected chi connectivity index (χ4v) is 3.41. The minimum atomic E-state index is -1.79. The third kappa shape index (κ3) is 3.72. The lowest BCUT2D eigenvalue weighted by atomic mass is 9.99. The van der Waals surface area contributed by atoms with Gasteiger partial charge in [-0.1, -0.05) is 0 Å². The van der Waals surface area contributed by atoms with E-state index in [4.69, 9.17) is 13.9 Å². The van der Waals surface area contributed by atoms with Crippen molar-refractivity contribution in [1.29, 1.82) is 0 Å². The van der Waals surface area contributed by atoms with Crippen molar-refractivity contribution < 1.29 is 49.6 Å². The van der Waals surface area contributed by atoms with Crippen molar-refractivity contribution in [3.8, 4) is 34.3 Å². The molecular weight excluding hydrogens is 428 g/mol. The summed E-state index contributed by atoms with van der Waals surface area (Å²) >= 11 is 0. The van der Waals surface area contributed by atoms with Gasteiger partial charge in [-0.2, -0.15) is 0 Å². The highest BCUT2D eigenvalue weighted by Crippen LogP contribution is 2.37. The Morgan fingerprint density at radius 3 is 2.34 bits per heavy atom. The predicted octanol–water partition coefficient (Wildman–Crippen LogP) is -0.244. The van der Waals surface area contributed by atoms with Crippen molar-refractivity contribution in [1.82, 2.24) is 0 Å². The van der Waals surface area contributed by atoms with E-state index in [1.807, 2.05) is 0 Å². The maximum absolute atomic E-state index is 13.2. The first kappa shape index (κ1) is 21.9. The minimum Gasteiger partial charge on any atom is -0.508 e. The van der Waals surface area contributed by atoms with Gasteiger partial charge in [0.2, 0.25) is 17.5 Å². The first-order chi connectivity index (χ1) is 15.2. The lowest BCUT2D eigenvalue weighted by molar-refractivity contribution is -0.277. The van der Waals surface area contributed by atoms with Crippen molar-refractivity contribution in [2.24, 2.45) is 0 Å². The van der Waals surface area contributed by atoms with Crippen molar-refractivity contribution in [3.05, 3.63) is 46.6 Å². The van der Waals surface area contributed by atoms with Crippen LogP contribution in [0.3, 0.4) is 0 Å². The second-order valence-corrected chi connectivity index (χ2v) is 7.29. The smallest absolute Gasteiger partial charge is 0.235 e. The molecule has 0 amide bonds. The maximum atomic E-state index is 13.2. The van der Waals surface area contributed by atoms with Gasteiger partial charge in [-0.25, -0.2) is 0 Å². The van der Waals surface area contributed by atoms with Crippen LogP contribution < -0.4 is 10.2 Å². The zero-order chi connectivity index (χ0) is 23.2. The molecule has 4 rings (SSSR count). The number of rotatable bonds is 4. The molecule has 170 valence electrons. The molecule has 0 radical (unpaired) electrons. The van der Waals surface area contributed by atoms with Crippen LogP contribution in [0.1, 0.15) is 0 Å². The van der Waals surface area contributed by atoms with Gasteiger partial charge in [-0.15, -0.1) is 0 Å². The van der Waals surface area contributed by atoms with Gasteiger partial charge in [0.15, 0.2) is 17.3 Å². The van der Waals surface area contributed by atoms with Crippen LogP contribution in [0.25, 0.3) is 22.3 Å². The van der Waals surface area contributed by atoms with Gasteiger partial charge in [-0.3, -0.25) is 4.79 Å². The van der Waals surface area contributed by atoms with E-state index in [0.717, 1.165) is 12.1 Å². The number of phenolic OH excluding ortho intramolecular Hbond substituents is 3. The second kappa shape index (κ2) is 8.30. The highest BCUT2D eigenvalue weighted by atomic mass is 16.7. The van der Waals surface area contributed by atoms with Crippen LogP contribution in [0.4, 0.5) is 0 Å². The van der Waals surface area contributed by atoms with Gasteiger partial charge >= 0.3 is 0 Å². The number of aromatic hydroxyl groups is 3. The van der Waals surface area contributed by atoms with Crippen LogP contribution in [-0.4, -0.2) is 73.1 Å². The zero-order valence-electron chi connectivity index (χ0n) is 16.3. The molecule has 1 saturated heterocycles. The summed E-state index contributed by atoms with van der Waals surface area (Å²) in [5, 5.41) is 68.8. The van der Waals surface area contributed by atoms with Gasteiger partial charge in [0.25, 0.3) is 0 Å². The van der Waals surface area contributed by atoms with Crippen LogP contribution in [0.15, 0.2) is 45.6 Å². The average Bonchev–Trinajstić information content (AvgIpc) is 2.77. The SMILES string of the molecule is O=c1c(OC2O[C@H](CO)[C@@H](O)[C@H](O)[C@H]2O)c(-c2ccc(O)c(O)c2)oc2cc(O)ccc12. The Labute approximate surface area is 179 Å². The summed E-state index contributed by atoms with van der Waals surface area (Å²) in [5.41, 5.74) is -0.647. The van der Waals surface area contributed by atoms with E-state index in [-0.39, 0.29) is 28.0 Å². The zero-order valence-corrected chi connectivity index (χ0v) is 16.3. The van der Waals surface area contributed by atoms with Gasteiger partial charge in [-0.05, 0) is 30.3 Å². The van der Waals surface area contributed by atoms with Gasteiger partial charge in [0.05, 0.1) is 12.0 Å². The summed E-state index contributed by atoms with van der Waals surface area (Å²) in [7, 11) is 0. The maximum Gasteiger partial charge on any atom is 0.235 e. The van der Waals surface area contributed by atoms with Crippen molar-refractivity contribution >= 4 is 11.0 Å². The summed E-state index contributed by atoms with van der Waals surface area (Å²) in [6.07, 6.45) is -8.10. The molecule has 1 aliphatic rings. The molecule has 0 aliphatic carbocycles. The number of fused-ring (bicyclic) bond motifs is 1. The standard InChI is InChI=1S/C21H20O11/c22-7-14-16(27)17(28)18(29)21(31-14)32-20-15(26)10-3-2-9(23)6-13(10)30-19(20)8-1-4-11(24)12(25)5-8/h1-6,14,16-18,21-25,27-29H,7H2/t14-,16-,17+,18-,21?/m1/s1. The number of ether oxygens (including phenoxy) is 2. The molecular formula is C21H20O11. The topological polar surface area (TPSA) is 190 Å². The van der Waals surface area contributed by atoms with Crippen molar-refractivity contribution in [2.45, 2.75) is 30.7 Å². The molecule has 0 saturated carbocycles. The van der Waals surface area contributed by atoms with E-state index in [9.17, 15) is 40.5 Å². The molecule has 5 atom stereocenters. The first-order valence-electron chi connectivity index (χ1n) is 9.50. The summed E-state index contributed by atoms with van der Waals surface area (Å²) in [4.78, 5) is 13.2. The molecule has 7 N–H and O–H groups in total. The van der Waals surface area contributed by atoms with E-state index in [2.05, 4.69) is 0 Å². The van der Waals surface area contributed by atoms with E-state index in [0.29, 0.717) is 0 Å². The molecule has 3 aromatic rings. The van der Waals surface area contributed by atoms with Gasteiger partial charge in [0.1, 0.15) is 35.7 Å². The second-order valence-electron chi connectivity index (χ2n) is 7.29. The van der Waals surface area contributed by atoms with Crippen LogP contribution in [0, 0.1) is 0 Å². The molecule has 11 heteroatoms. The number of aliphatic hydroxyl groups is 4. The third-order valence-electron chi connectivity index (χ3n) is 5.15. The Hall–Kier alpha value is -3.35. The van der Waals surface area contributed by atoms with Crippen molar-refractivity contribution in [3.63, 3.8) is 0 Å². The molecule has 0 spiro atoms. The number of hydrogen-bond acceptors (Lipinski definition) is 11. The summed E-state index contributed by atoms with van der Waals surface area (Å²) < 4.78 is 16.6. The molecule has 0 bridgehead atoms. The lowest BCUT2D eigenvalue weighted by Gasteiger charge is -2.39. The molecule has 1 fully saturated rings. The van der Waals surface area contributed by atoms with E-state index < -0.39 is 60.0 Å². The normalized spacial score (nSPS) is 25.7. The monoisotopic (exact) mass is 448 g/mol. The Morgan fingerprint density at radius 1 is 0.906 bits per heavy atom. The van der Waals surface area contributed by atoms with Crippen LogP contribution in [-0.2, 0) is 4.74 Å². The molecule has 1 aromatic heterocycles. The fourth-order valence-electron chi connectivity index (χ4n) is 3.41. The quantitative estimate of drug-likeness (QED) is 0.261. The Morgan fingerprint density at radius 2 is 1.66 bits per heavy atom. The largest absolute Gasteiger partial charge is 0.508 e. The molecule has 2 aromatic carbocycles. The van der Waals surface area contributed by atoms with Crippen molar-refractivity contribution in [2.75, 3.05) is 6.61 Å². The lowest BCUT2D eigenvalue weighted by Crippen LogP contribution is -2.60. The minimum absolute atomic E-state index is 0.00846. The predicted molar refractivity (Wildman–Crippen MR) is 107 cm³/mol. The van der Waals surface area contributed by atoms with Gasteiger partial charge < -0.3 is 49.6 Å². The first-order valence-corrected chi connectivity index (χ1v) is 9.50. The number of benzene rings is 2. The number of hydrogen-bond donors (Lipinski definition) is 7. The molecule has 2 heterocycles. The molecule has 1 unspecified atom stereocenters. The van der Waals surface area contributed by atoms with E-state index in [1.165, 1.54) is 24.3 Å². The number of phenols is 3. The summed E-state index contributed by atoms with van der Waals surface area (Å²) in [6, 6.07) is 7.30. The average molecular weight is 448 g/mol. The van der Waals surface area contributed by atoms with Crippen LogP contribution >= 0.6 is 0 Å². The van der Waals surface area contributed by atoms with E-state index in [1.54, 1.807) is 0 Å². The fraction of sp³-hybridized carbons (Fsp3) is 0.286. The Balaban J connectivity index is 1.87. The highest BCUT2D eigenvalue weighted by Gasteiger charge is 2.45.